The quantitative estimate of drug-likeness (QED) is 0.551. The highest BCUT2D eigenvalue weighted by Crippen LogP contribution is 2.30. The molecule has 0 spiro atoms. The van der Waals surface area contributed by atoms with Gasteiger partial charge in [0.1, 0.15) is 16.4 Å². The van der Waals surface area contributed by atoms with Gasteiger partial charge in [0.15, 0.2) is 5.88 Å². The van der Waals surface area contributed by atoms with Crippen LogP contribution >= 0.6 is 11.8 Å². The molecule has 20 heavy (non-hydrogen) atoms. The van der Waals surface area contributed by atoms with Crippen molar-refractivity contribution in [2.24, 2.45) is 5.16 Å². The maximum atomic E-state index is 12.6. The zero-order valence-corrected chi connectivity index (χ0v) is 12.1. The van der Waals surface area contributed by atoms with Crippen LogP contribution in [0, 0.1) is 5.41 Å². The third-order valence-corrected chi connectivity index (χ3v) is 3.45. The molecular weight excluding hydrogens is 295 g/mol. The molecule has 9 heteroatoms. The number of nitrogens with zero attached hydrogens (tertiary/aromatic N) is 1. The van der Waals surface area contributed by atoms with E-state index in [9.17, 15) is 18.3 Å². The Kier molecular flexibility index (Phi) is 4.95. The van der Waals surface area contributed by atoms with Gasteiger partial charge in [0.2, 0.25) is 0 Å². The molecular formula is C11H16F3N3O2S. The first kappa shape index (κ1) is 16.7. The molecule has 0 aromatic heterocycles. The van der Waals surface area contributed by atoms with E-state index in [1.165, 1.54) is 7.05 Å². The lowest BCUT2D eigenvalue weighted by atomic mass is 10.1. The molecule has 5 nitrogen and oxygen atoms in total. The minimum Gasteiger partial charge on any atom is -0.495 e. The van der Waals surface area contributed by atoms with Crippen LogP contribution in [-0.4, -0.2) is 40.4 Å². The van der Waals surface area contributed by atoms with Gasteiger partial charge in [-0.05, 0) is 13.8 Å². The second-order valence-electron chi connectivity index (χ2n) is 4.75. The lowest BCUT2D eigenvalue weighted by molar-refractivity contribution is -0.0591. The predicted octanol–water partition coefficient (Wildman–Crippen LogP) is 2.80. The smallest absolute Gasteiger partial charge is 0.433 e. The van der Waals surface area contributed by atoms with Gasteiger partial charge in [0, 0.05) is 19.2 Å². The third kappa shape index (κ3) is 4.32. The fraction of sp³-hybridized carbons (Fsp3) is 0.636. The van der Waals surface area contributed by atoms with Crippen LogP contribution in [0.25, 0.3) is 0 Å². The zero-order chi connectivity index (χ0) is 15.6. The molecule has 3 N–H and O–H groups in total. The summed E-state index contributed by atoms with van der Waals surface area (Å²) >= 11 is 1.01. The molecule has 0 aromatic rings. The number of rotatable bonds is 4. The second kappa shape index (κ2) is 5.94. The predicted molar refractivity (Wildman–Crippen MR) is 72.2 cm³/mol. The van der Waals surface area contributed by atoms with Gasteiger partial charge >= 0.3 is 6.18 Å². The van der Waals surface area contributed by atoms with E-state index in [-0.39, 0.29) is 5.75 Å². The molecule has 0 bridgehead atoms. The van der Waals surface area contributed by atoms with E-state index >= 15 is 0 Å². The van der Waals surface area contributed by atoms with Gasteiger partial charge in [-0.25, -0.2) is 0 Å². The minimum atomic E-state index is -4.81. The average Bonchev–Trinajstić information content (AvgIpc) is 2.67. The van der Waals surface area contributed by atoms with Gasteiger partial charge in [-0.3, -0.25) is 5.41 Å². The van der Waals surface area contributed by atoms with Crippen LogP contribution < -0.4 is 5.32 Å². The summed E-state index contributed by atoms with van der Waals surface area (Å²) in [5, 5.41) is 23.1. The molecule has 0 aliphatic carbocycles. The number of oxime groups is 1. The highest BCUT2D eigenvalue weighted by molar-refractivity contribution is 8.14. The minimum absolute atomic E-state index is 0.219. The topological polar surface area (TPSA) is 77.7 Å². The summed E-state index contributed by atoms with van der Waals surface area (Å²) in [5.74, 6) is -0.887. The molecule has 0 amide bonds. The Morgan fingerprint density at radius 1 is 1.55 bits per heavy atom. The summed E-state index contributed by atoms with van der Waals surface area (Å²) in [4.78, 5) is 5.10. The van der Waals surface area contributed by atoms with E-state index in [1.807, 2.05) is 13.8 Å². The van der Waals surface area contributed by atoms with E-state index < -0.39 is 28.9 Å². The Labute approximate surface area is 118 Å². The molecule has 1 rings (SSSR count). The fourth-order valence-electron chi connectivity index (χ4n) is 1.42. The highest BCUT2D eigenvalue weighted by Gasteiger charge is 2.38. The molecule has 0 aromatic carbocycles. The number of hydrogen-bond donors (Lipinski definition) is 3. The van der Waals surface area contributed by atoms with Crippen LogP contribution in [0.1, 0.15) is 20.3 Å². The molecule has 0 saturated carbocycles. The van der Waals surface area contributed by atoms with Crippen LogP contribution in [0.2, 0.25) is 0 Å². The van der Waals surface area contributed by atoms with Crippen LogP contribution in [0.5, 0.6) is 0 Å². The summed E-state index contributed by atoms with van der Waals surface area (Å²) in [5.41, 5.74) is -2.57. The second-order valence-corrected chi connectivity index (χ2v) is 5.80. The largest absolute Gasteiger partial charge is 0.495 e. The Bertz CT molecular complexity index is 458. The summed E-state index contributed by atoms with van der Waals surface area (Å²) in [6.45, 7) is 3.62. The normalized spacial score (nSPS) is 19.0. The maximum absolute atomic E-state index is 12.6. The van der Waals surface area contributed by atoms with Crippen molar-refractivity contribution >= 4 is 22.5 Å². The highest BCUT2D eigenvalue weighted by atomic mass is 32.2. The van der Waals surface area contributed by atoms with Crippen molar-refractivity contribution < 1.29 is 23.1 Å². The van der Waals surface area contributed by atoms with Crippen LogP contribution in [-0.2, 0) is 4.84 Å². The van der Waals surface area contributed by atoms with Crippen molar-refractivity contribution in [1.29, 1.82) is 5.41 Å². The van der Waals surface area contributed by atoms with Crippen molar-refractivity contribution in [3.63, 3.8) is 0 Å². The van der Waals surface area contributed by atoms with E-state index in [1.54, 1.807) is 0 Å². The molecule has 114 valence electrons. The van der Waals surface area contributed by atoms with Crippen LogP contribution in [0.4, 0.5) is 13.2 Å². The molecule has 0 fully saturated rings. The van der Waals surface area contributed by atoms with Gasteiger partial charge in [0.25, 0.3) is 0 Å². The van der Waals surface area contributed by atoms with Crippen molar-refractivity contribution in [2.45, 2.75) is 32.0 Å². The van der Waals surface area contributed by atoms with E-state index in [4.69, 9.17) is 10.2 Å². The van der Waals surface area contributed by atoms with Crippen molar-refractivity contribution in [1.82, 2.24) is 5.32 Å². The van der Waals surface area contributed by atoms with Gasteiger partial charge in [0.05, 0.1) is 5.57 Å². The fourth-order valence-corrected chi connectivity index (χ4v) is 2.55. The first-order valence-electron chi connectivity index (χ1n) is 5.70. The number of aliphatic hydroxyl groups is 1. The van der Waals surface area contributed by atoms with Crippen molar-refractivity contribution in [2.75, 3.05) is 12.8 Å². The Hall–Kier alpha value is -1.38. The number of aliphatic hydroxyl groups excluding tert-OH is 1. The van der Waals surface area contributed by atoms with Gasteiger partial charge in [-0.15, -0.1) is 11.8 Å². The van der Waals surface area contributed by atoms with Gasteiger partial charge in [-0.1, -0.05) is 5.16 Å². The van der Waals surface area contributed by atoms with Gasteiger partial charge in [-0.2, -0.15) is 13.2 Å². The molecule has 1 heterocycles. The number of halogens is 3. The number of alkyl halides is 3. The van der Waals surface area contributed by atoms with Crippen molar-refractivity contribution in [3.05, 3.63) is 11.5 Å². The molecule has 1 aliphatic heterocycles. The standard InChI is InChI=1S/C11H16F3N3O2S/c1-10(2)4-7(17-19-10)20-5-6(9(18)16-3)8(15)11(12,13)14/h15-16,18H,4-5H2,1-3H3/b9-6+,15-8?. The molecule has 0 unspecified atom stereocenters. The van der Waals surface area contributed by atoms with E-state index in [2.05, 4.69) is 10.5 Å². The van der Waals surface area contributed by atoms with Gasteiger partial charge < -0.3 is 15.3 Å². The maximum Gasteiger partial charge on any atom is 0.433 e. The molecule has 0 saturated heterocycles. The first-order valence-corrected chi connectivity index (χ1v) is 6.69. The lowest BCUT2D eigenvalue weighted by Gasteiger charge is -2.15. The monoisotopic (exact) mass is 311 g/mol. The van der Waals surface area contributed by atoms with E-state index in [0.29, 0.717) is 11.5 Å². The summed E-state index contributed by atoms with van der Waals surface area (Å²) in [6, 6.07) is 0. The number of hydrogen-bond acceptors (Lipinski definition) is 6. The number of nitrogens with one attached hydrogen (secondary N) is 2. The summed E-state index contributed by atoms with van der Waals surface area (Å²) < 4.78 is 37.7. The Morgan fingerprint density at radius 3 is 2.55 bits per heavy atom. The van der Waals surface area contributed by atoms with E-state index in [0.717, 1.165) is 11.8 Å². The summed E-state index contributed by atoms with van der Waals surface area (Å²) in [7, 11) is 1.28. The average molecular weight is 311 g/mol. The SMILES string of the molecule is CN/C(O)=C(/CSC1=NOC(C)(C)C1)C(=N)C(F)(F)F. The summed E-state index contributed by atoms with van der Waals surface area (Å²) in [6.07, 6.45) is -4.33. The Balaban J connectivity index is 2.77. The zero-order valence-electron chi connectivity index (χ0n) is 11.3. The number of thioether (sulfide) groups is 1. The van der Waals surface area contributed by atoms with Crippen LogP contribution in [0.3, 0.4) is 0 Å². The first-order chi connectivity index (χ1) is 9.07. The molecule has 0 atom stereocenters. The van der Waals surface area contributed by atoms with Crippen molar-refractivity contribution in [3.8, 4) is 0 Å². The molecule has 0 radical (unpaired) electrons. The Morgan fingerprint density at radius 2 is 2.15 bits per heavy atom. The third-order valence-electron chi connectivity index (χ3n) is 2.46. The molecule has 1 aliphatic rings. The van der Waals surface area contributed by atoms with Crippen LogP contribution in [0.15, 0.2) is 16.6 Å². The lowest BCUT2D eigenvalue weighted by Crippen LogP contribution is -2.28.